The lowest BCUT2D eigenvalue weighted by Crippen LogP contribution is -2.49. The van der Waals surface area contributed by atoms with Crippen LogP contribution in [0.5, 0.6) is 0 Å². The molecule has 2 aromatic rings. The summed E-state index contributed by atoms with van der Waals surface area (Å²) in [6, 6.07) is 8.33. The molecule has 3 rings (SSSR count). The summed E-state index contributed by atoms with van der Waals surface area (Å²) in [5, 5.41) is 1.34. The Balaban J connectivity index is 2.11. The Kier molecular flexibility index (Phi) is 3.76. The molecule has 4 nitrogen and oxygen atoms in total. The van der Waals surface area contributed by atoms with Gasteiger partial charge in [0, 0.05) is 11.9 Å². The number of para-hydroxylation sites is 1. The third-order valence-electron chi connectivity index (χ3n) is 3.77. The molecule has 2 unspecified atom stereocenters. The number of hydrogen-bond acceptors (Lipinski definition) is 4. The molecule has 1 aromatic heterocycles. The Hall–Kier alpha value is -1.39. The largest absolute Gasteiger partial charge is 0.375 e. The molecule has 2 atom stereocenters. The van der Waals surface area contributed by atoms with E-state index >= 15 is 0 Å². The van der Waals surface area contributed by atoms with Gasteiger partial charge in [-0.1, -0.05) is 19.1 Å². The van der Waals surface area contributed by atoms with Crippen LogP contribution in [-0.4, -0.2) is 35.3 Å². The predicted octanol–water partition coefficient (Wildman–Crippen LogP) is 3.29. The van der Waals surface area contributed by atoms with Crippen molar-refractivity contribution in [1.82, 2.24) is 9.97 Å². The number of anilines is 1. The van der Waals surface area contributed by atoms with Crippen LogP contribution in [0, 0.1) is 0 Å². The first-order valence-electron chi connectivity index (χ1n) is 6.99. The molecule has 20 heavy (non-hydrogen) atoms. The molecule has 1 aromatic carbocycles. The van der Waals surface area contributed by atoms with Gasteiger partial charge in [-0.25, -0.2) is 4.98 Å². The fraction of sp³-hybridized carbons (Fsp3) is 0.467. The fourth-order valence-electron chi connectivity index (χ4n) is 2.69. The zero-order chi connectivity index (χ0) is 14.1. The minimum absolute atomic E-state index is 0.199. The minimum atomic E-state index is 0.199. The number of ether oxygens (including phenoxy) is 1. The first kappa shape index (κ1) is 13.6. The van der Waals surface area contributed by atoms with Crippen molar-refractivity contribution in [3.05, 3.63) is 29.5 Å². The number of benzene rings is 1. The highest BCUT2D eigenvalue weighted by Gasteiger charge is 2.28. The minimum Gasteiger partial charge on any atom is -0.375 e. The zero-order valence-corrected chi connectivity index (χ0v) is 12.5. The number of hydrogen-bond donors (Lipinski definition) is 0. The average molecular weight is 292 g/mol. The molecule has 106 valence electrons. The molecule has 0 saturated carbocycles. The number of morpholine rings is 1. The van der Waals surface area contributed by atoms with E-state index in [1.54, 1.807) is 0 Å². The normalized spacial score (nSPS) is 23.2. The summed E-state index contributed by atoms with van der Waals surface area (Å²) in [5.41, 5.74) is 0.886. The Morgan fingerprint density at radius 1 is 1.35 bits per heavy atom. The van der Waals surface area contributed by atoms with E-state index in [-0.39, 0.29) is 6.10 Å². The van der Waals surface area contributed by atoms with Gasteiger partial charge in [-0.05, 0) is 37.1 Å². The van der Waals surface area contributed by atoms with Crippen molar-refractivity contribution in [3.8, 4) is 0 Å². The Labute approximate surface area is 123 Å². The van der Waals surface area contributed by atoms with Crippen molar-refractivity contribution in [2.24, 2.45) is 0 Å². The van der Waals surface area contributed by atoms with Gasteiger partial charge in [-0.3, -0.25) is 0 Å². The van der Waals surface area contributed by atoms with E-state index in [2.05, 4.69) is 28.7 Å². The van der Waals surface area contributed by atoms with Crippen LogP contribution >= 0.6 is 11.6 Å². The average Bonchev–Trinajstić information content (AvgIpc) is 2.46. The van der Waals surface area contributed by atoms with Crippen LogP contribution in [0.1, 0.15) is 20.3 Å². The summed E-state index contributed by atoms with van der Waals surface area (Å²) < 4.78 is 5.76. The van der Waals surface area contributed by atoms with Crippen molar-refractivity contribution >= 4 is 28.3 Å². The van der Waals surface area contributed by atoms with Gasteiger partial charge in [0.2, 0.25) is 5.28 Å². The molecule has 0 aliphatic carbocycles. The number of aromatic nitrogens is 2. The summed E-state index contributed by atoms with van der Waals surface area (Å²) in [6.45, 7) is 5.81. The SMILES string of the molecule is CCC1COC(C)CN1c1nc(Cl)nc2ccccc12. The Morgan fingerprint density at radius 3 is 2.95 bits per heavy atom. The maximum absolute atomic E-state index is 6.09. The molecule has 2 heterocycles. The first-order chi connectivity index (χ1) is 9.69. The summed E-state index contributed by atoms with van der Waals surface area (Å²) in [7, 11) is 0. The van der Waals surface area contributed by atoms with Gasteiger partial charge >= 0.3 is 0 Å². The highest BCUT2D eigenvalue weighted by molar-refractivity contribution is 6.28. The van der Waals surface area contributed by atoms with Gasteiger partial charge in [0.1, 0.15) is 5.82 Å². The van der Waals surface area contributed by atoms with E-state index < -0.39 is 0 Å². The van der Waals surface area contributed by atoms with Crippen molar-refractivity contribution < 1.29 is 4.74 Å². The second kappa shape index (κ2) is 5.54. The number of rotatable bonds is 2. The van der Waals surface area contributed by atoms with Crippen LogP contribution in [0.2, 0.25) is 5.28 Å². The van der Waals surface area contributed by atoms with Crippen LogP contribution in [0.4, 0.5) is 5.82 Å². The standard InChI is InChI=1S/C15H18ClN3O/c1-3-11-9-20-10(2)8-19(11)14-12-6-4-5-7-13(12)17-15(16)18-14/h4-7,10-11H,3,8-9H2,1-2H3. The van der Waals surface area contributed by atoms with E-state index in [0.29, 0.717) is 11.3 Å². The molecular weight excluding hydrogens is 274 g/mol. The van der Waals surface area contributed by atoms with E-state index in [9.17, 15) is 0 Å². The molecule has 0 radical (unpaired) electrons. The van der Waals surface area contributed by atoms with Gasteiger partial charge in [-0.15, -0.1) is 0 Å². The molecule has 1 aliphatic heterocycles. The Morgan fingerprint density at radius 2 is 2.15 bits per heavy atom. The predicted molar refractivity (Wildman–Crippen MR) is 81.4 cm³/mol. The Bertz CT molecular complexity index is 619. The van der Waals surface area contributed by atoms with Crippen LogP contribution in [-0.2, 0) is 4.74 Å². The van der Waals surface area contributed by atoms with E-state index in [1.165, 1.54) is 0 Å². The van der Waals surface area contributed by atoms with Crippen molar-refractivity contribution in [2.45, 2.75) is 32.4 Å². The smallest absolute Gasteiger partial charge is 0.224 e. The third-order valence-corrected chi connectivity index (χ3v) is 3.94. The zero-order valence-electron chi connectivity index (χ0n) is 11.7. The van der Waals surface area contributed by atoms with Crippen LogP contribution in [0.25, 0.3) is 10.9 Å². The third kappa shape index (κ3) is 2.45. The monoisotopic (exact) mass is 291 g/mol. The number of fused-ring (bicyclic) bond motifs is 1. The van der Waals surface area contributed by atoms with E-state index in [4.69, 9.17) is 16.3 Å². The van der Waals surface area contributed by atoms with Gasteiger partial charge in [-0.2, -0.15) is 4.98 Å². The van der Waals surface area contributed by atoms with E-state index in [1.807, 2.05) is 24.3 Å². The second-order valence-corrected chi connectivity index (χ2v) is 5.53. The van der Waals surface area contributed by atoms with Crippen LogP contribution in [0.15, 0.2) is 24.3 Å². The topological polar surface area (TPSA) is 38.2 Å². The van der Waals surface area contributed by atoms with Crippen molar-refractivity contribution in [3.63, 3.8) is 0 Å². The molecule has 0 spiro atoms. The molecule has 1 saturated heterocycles. The molecule has 5 heteroatoms. The quantitative estimate of drug-likeness (QED) is 0.796. The molecule has 1 fully saturated rings. The van der Waals surface area contributed by atoms with Gasteiger partial charge < -0.3 is 9.64 Å². The van der Waals surface area contributed by atoms with Gasteiger partial charge in [0.25, 0.3) is 0 Å². The van der Waals surface area contributed by atoms with Gasteiger partial charge in [0.15, 0.2) is 0 Å². The maximum atomic E-state index is 6.09. The molecule has 0 bridgehead atoms. The molecular formula is C15H18ClN3O. The lowest BCUT2D eigenvalue weighted by atomic mass is 10.1. The summed E-state index contributed by atoms with van der Waals surface area (Å²) in [6.07, 6.45) is 1.22. The fourth-order valence-corrected chi connectivity index (χ4v) is 2.86. The van der Waals surface area contributed by atoms with Crippen molar-refractivity contribution in [1.29, 1.82) is 0 Å². The van der Waals surface area contributed by atoms with Gasteiger partial charge in [0.05, 0.1) is 24.3 Å². The second-order valence-electron chi connectivity index (χ2n) is 5.19. The highest BCUT2D eigenvalue weighted by Crippen LogP contribution is 2.29. The molecule has 0 N–H and O–H groups in total. The van der Waals surface area contributed by atoms with Crippen LogP contribution < -0.4 is 4.90 Å². The van der Waals surface area contributed by atoms with Crippen LogP contribution in [0.3, 0.4) is 0 Å². The maximum Gasteiger partial charge on any atom is 0.224 e. The first-order valence-corrected chi connectivity index (χ1v) is 7.37. The highest BCUT2D eigenvalue weighted by atomic mass is 35.5. The number of nitrogens with zero attached hydrogens (tertiary/aromatic N) is 3. The summed E-state index contributed by atoms with van der Waals surface area (Å²) in [5.74, 6) is 0.919. The number of halogens is 1. The summed E-state index contributed by atoms with van der Waals surface area (Å²) >= 11 is 6.09. The summed E-state index contributed by atoms with van der Waals surface area (Å²) in [4.78, 5) is 11.1. The molecule has 0 amide bonds. The van der Waals surface area contributed by atoms with Crippen molar-refractivity contribution in [2.75, 3.05) is 18.1 Å². The lowest BCUT2D eigenvalue weighted by Gasteiger charge is -2.39. The lowest BCUT2D eigenvalue weighted by molar-refractivity contribution is 0.0297. The molecule has 1 aliphatic rings. The van der Waals surface area contributed by atoms with E-state index in [0.717, 1.165) is 36.3 Å².